The summed E-state index contributed by atoms with van der Waals surface area (Å²) in [6.07, 6.45) is 3.95. The van der Waals surface area contributed by atoms with E-state index in [-0.39, 0.29) is 5.91 Å². The molecule has 2 N–H and O–H groups in total. The van der Waals surface area contributed by atoms with Crippen molar-refractivity contribution in [2.45, 2.75) is 39.0 Å². The molecule has 1 amide bonds. The lowest BCUT2D eigenvalue weighted by Gasteiger charge is -2.03. The van der Waals surface area contributed by atoms with Gasteiger partial charge in [0.1, 0.15) is 0 Å². The van der Waals surface area contributed by atoms with E-state index in [0.717, 1.165) is 41.9 Å². The van der Waals surface area contributed by atoms with E-state index < -0.39 is 0 Å². The second-order valence-corrected chi connectivity index (χ2v) is 7.70. The van der Waals surface area contributed by atoms with Crippen LogP contribution in [-0.2, 0) is 11.2 Å². The maximum atomic E-state index is 11.1. The molecule has 0 spiro atoms. The zero-order valence-electron chi connectivity index (χ0n) is 15.4. The van der Waals surface area contributed by atoms with E-state index in [4.69, 9.17) is 10.2 Å². The quantitative estimate of drug-likeness (QED) is 0.313. The van der Waals surface area contributed by atoms with Crippen LogP contribution >= 0.6 is 11.3 Å². The summed E-state index contributed by atoms with van der Waals surface area (Å²) in [6.45, 7) is 2.09. The first-order valence-electron chi connectivity index (χ1n) is 9.22. The van der Waals surface area contributed by atoms with Crippen molar-refractivity contribution in [3.63, 3.8) is 0 Å². The molecule has 0 saturated carbocycles. The number of carbonyl (C=O) groups is 1. The minimum atomic E-state index is -0.322. The van der Waals surface area contributed by atoms with Crippen molar-refractivity contribution < 1.29 is 10.0 Å². The standard InChI is InChI=1S/C22H24N2O2S/c1-16-12-14-17(15-13-16)21-22(18-8-4-2-5-9-18)27-20(23-21)11-7-3-6-10-19(25)24-26/h2,4-5,8-9,12-15,26H,3,6-7,10-11H2,1H3,(H,24,25). The van der Waals surface area contributed by atoms with Gasteiger partial charge in [0, 0.05) is 12.0 Å². The number of hydrogen-bond acceptors (Lipinski definition) is 4. The molecule has 1 aromatic heterocycles. The molecule has 0 radical (unpaired) electrons. The van der Waals surface area contributed by atoms with Gasteiger partial charge in [-0.2, -0.15) is 0 Å². The number of hydroxylamine groups is 1. The van der Waals surface area contributed by atoms with Crippen LogP contribution in [0.2, 0.25) is 0 Å². The van der Waals surface area contributed by atoms with Gasteiger partial charge in [-0.15, -0.1) is 11.3 Å². The molecule has 0 aliphatic heterocycles. The number of benzene rings is 2. The Labute approximate surface area is 163 Å². The summed E-state index contributed by atoms with van der Waals surface area (Å²) in [7, 11) is 0. The Bertz CT molecular complexity index is 873. The molecule has 0 saturated heterocycles. The van der Waals surface area contributed by atoms with Crippen molar-refractivity contribution in [1.29, 1.82) is 0 Å². The number of amides is 1. The number of aryl methyl sites for hydroxylation is 2. The van der Waals surface area contributed by atoms with Gasteiger partial charge in [0.05, 0.1) is 15.6 Å². The molecule has 0 unspecified atom stereocenters. The smallest absolute Gasteiger partial charge is 0.243 e. The van der Waals surface area contributed by atoms with Crippen LogP contribution in [0.25, 0.3) is 21.7 Å². The average Bonchev–Trinajstić information content (AvgIpc) is 3.13. The Morgan fingerprint density at radius 3 is 2.44 bits per heavy atom. The van der Waals surface area contributed by atoms with E-state index in [1.54, 1.807) is 16.8 Å². The Kier molecular flexibility index (Phi) is 6.74. The van der Waals surface area contributed by atoms with Crippen molar-refractivity contribution in [3.8, 4) is 21.7 Å². The van der Waals surface area contributed by atoms with Crippen molar-refractivity contribution in [2.24, 2.45) is 0 Å². The van der Waals surface area contributed by atoms with Crippen molar-refractivity contribution in [2.75, 3.05) is 0 Å². The molecule has 0 aliphatic rings. The lowest BCUT2D eigenvalue weighted by molar-refractivity contribution is -0.129. The normalized spacial score (nSPS) is 10.7. The summed E-state index contributed by atoms with van der Waals surface area (Å²) >= 11 is 1.75. The van der Waals surface area contributed by atoms with Crippen LogP contribution in [0.15, 0.2) is 54.6 Å². The summed E-state index contributed by atoms with van der Waals surface area (Å²) in [5.74, 6) is -0.322. The maximum absolute atomic E-state index is 11.1. The minimum Gasteiger partial charge on any atom is -0.289 e. The predicted molar refractivity (Wildman–Crippen MR) is 110 cm³/mol. The zero-order valence-corrected chi connectivity index (χ0v) is 16.3. The number of aromatic nitrogens is 1. The molecule has 0 bridgehead atoms. The van der Waals surface area contributed by atoms with Crippen LogP contribution in [0.1, 0.15) is 36.3 Å². The largest absolute Gasteiger partial charge is 0.289 e. The first kappa shape index (κ1) is 19.3. The van der Waals surface area contributed by atoms with Crippen LogP contribution in [0.4, 0.5) is 0 Å². The molecule has 140 valence electrons. The molecule has 0 fully saturated rings. The van der Waals surface area contributed by atoms with Gasteiger partial charge in [0.25, 0.3) is 0 Å². The topological polar surface area (TPSA) is 62.2 Å². The molecule has 1 heterocycles. The highest BCUT2D eigenvalue weighted by atomic mass is 32.1. The van der Waals surface area contributed by atoms with Crippen LogP contribution in [0.3, 0.4) is 0 Å². The molecule has 2 aromatic carbocycles. The lowest BCUT2D eigenvalue weighted by atomic mass is 10.1. The van der Waals surface area contributed by atoms with Gasteiger partial charge in [0.15, 0.2) is 0 Å². The second-order valence-electron chi connectivity index (χ2n) is 6.61. The lowest BCUT2D eigenvalue weighted by Crippen LogP contribution is -2.17. The van der Waals surface area contributed by atoms with E-state index in [1.165, 1.54) is 16.0 Å². The highest BCUT2D eigenvalue weighted by Gasteiger charge is 2.14. The molecule has 4 nitrogen and oxygen atoms in total. The number of nitrogens with one attached hydrogen (secondary N) is 1. The second kappa shape index (κ2) is 9.44. The number of nitrogens with zero attached hydrogens (tertiary/aromatic N) is 1. The van der Waals surface area contributed by atoms with E-state index in [9.17, 15) is 4.79 Å². The van der Waals surface area contributed by atoms with Gasteiger partial charge >= 0.3 is 0 Å². The molecule has 27 heavy (non-hydrogen) atoms. The Morgan fingerprint density at radius 2 is 1.74 bits per heavy atom. The molecule has 3 rings (SSSR count). The molecule has 0 aliphatic carbocycles. The van der Waals surface area contributed by atoms with Gasteiger partial charge in [0.2, 0.25) is 5.91 Å². The van der Waals surface area contributed by atoms with Gasteiger partial charge in [-0.05, 0) is 31.7 Å². The zero-order chi connectivity index (χ0) is 19.1. The van der Waals surface area contributed by atoms with Crippen molar-refractivity contribution >= 4 is 17.2 Å². The van der Waals surface area contributed by atoms with E-state index >= 15 is 0 Å². The third-order valence-corrected chi connectivity index (χ3v) is 5.62. The fraction of sp³-hybridized carbons (Fsp3) is 0.273. The van der Waals surface area contributed by atoms with Crippen LogP contribution in [-0.4, -0.2) is 16.1 Å². The van der Waals surface area contributed by atoms with Gasteiger partial charge in [-0.1, -0.05) is 66.6 Å². The fourth-order valence-electron chi connectivity index (χ4n) is 2.96. The summed E-state index contributed by atoms with van der Waals surface area (Å²) in [5, 5.41) is 9.65. The molecule has 5 heteroatoms. The monoisotopic (exact) mass is 380 g/mol. The number of carbonyl (C=O) groups excluding carboxylic acids is 1. The fourth-order valence-corrected chi connectivity index (χ4v) is 4.09. The van der Waals surface area contributed by atoms with E-state index in [2.05, 4.69) is 55.5 Å². The van der Waals surface area contributed by atoms with Crippen LogP contribution in [0, 0.1) is 6.92 Å². The summed E-state index contributed by atoms with van der Waals surface area (Å²) in [5.41, 5.74) is 6.29. The van der Waals surface area contributed by atoms with E-state index in [1.807, 2.05) is 6.07 Å². The minimum absolute atomic E-state index is 0.322. The summed E-state index contributed by atoms with van der Waals surface area (Å²) in [4.78, 5) is 17.2. The van der Waals surface area contributed by atoms with Gasteiger partial charge in [-0.3, -0.25) is 10.0 Å². The van der Waals surface area contributed by atoms with Crippen LogP contribution in [0.5, 0.6) is 0 Å². The third-order valence-electron chi connectivity index (χ3n) is 4.45. The molecule has 0 atom stereocenters. The number of unbranched alkanes of at least 4 members (excludes halogenated alkanes) is 2. The Hall–Kier alpha value is -2.50. The van der Waals surface area contributed by atoms with Crippen LogP contribution < -0.4 is 5.48 Å². The summed E-state index contributed by atoms with van der Waals surface area (Å²) in [6, 6.07) is 18.9. The number of hydrogen-bond donors (Lipinski definition) is 2. The molecular weight excluding hydrogens is 356 g/mol. The molecule has 3 aromatic rings. The Morgan fingerprint density at radius 1 is 1.00 bits per heavy atom. The average molecular weight is 381 g/mol. The molecular formula is C22H24N2O2S. The van der Waals surface area contributed by atoms with E-state index in [0.29, 0.717) is 6.42 Å². The number of thiazole rings is 1. The Balaban J connectivity index is 1.76. The van der Waals surface area contributed by atoms with Gasteiger partial charge < -0.3 is 0 Å². The van der Waals surface area contributed by atoms with Crippen molar-refractivity contribution in [1.82, 2.24) is 10.5 Å². The maximum Gasteiger partial charge on any atom is 0.243 e. The predicted octanol–water partition coefficient (Wildman–Crippen LogP) is 5.39. The highest BCUT2D eigenvalue weighted by molar-refractivity contribution is 7.15. The first-order chi connectivity index (χ1) is 13.2. The highest BCUT2D eigenvalue weighted by Crippen LogP contribution is 2.37. The summed E-state index contributed by atoms with van der Waals surface area (Å²) < 4.78 is 0. The third kappa shape index (κ3) is 5.25. The number of rotatable bonds is 8. The SMILES string of the molecule is Cc1ccc(-c2nc(CCCCCC(=O)NO)sc2-c2ccccc2)cc1. The van der Waals surface area contributed by atoms with Gasteiger partial charge in [-0.25, -0.2) is 10.5 Å². The van der Waals surface area contributed by atoms with Crippen molar-refractivity contribution in [3.05, 3.63) is 65.2 Å². The first-order valence-corrected chi connectivity index (χ1v) is 10.0.